The summed E-state index contributed by atoms with van der Waals surface area (Å²) in [5.41, 5.74) is 3.66. The van der Waals surface area contributed by atoms with Crippen molar-refractivity contribution in [2.24, 2.45) is 0 Å². The van der Waals surface area contributed by atoms with Crippen LogP contribution in [0.1, 0.15) is 24.2 Å². The lowest BCUT2D eigenvalue weighted by Gasteiger charge is -2.22. The number of hydrogen-bond acceptors (Lipinski definition) is 6. The van der Waals surface area contributed by atoms with E-state index in [0.717, 1.165) is 16.5 Å². The average molecular weight is 511 g/mol. The molecule has 0 aliphatic heterocycles. The van der Waals surface area contributed by atoms with Crippen molar-refractivity contribution in [3.63, 3.8) is 0 Å². The number of para-hydroxylation sites is 1. The van der Waals surface area contributed by atoms with E-state index in [2.05, 4.69) is 26.3 Å². The molecular weight excluding hydrogens is 488 g/mol. The van der Waals surface area contributed by atoms with Gasteiger partial charge in [0.1, 0.15) is 23.2 Å². The maximum Gasteiger partial charge on any atom is 0.263 e. The third-order valence-electron chi connectivity index (χ3n) is 6.76. The molecule has 6 rings (SSSR count). The predicted octanol–water partition coefficient (Wildman–Crippen LogP) is 5.33. The number of nitrogens with one attached hydrogen (secondary N) is 2. The molecule has 6 aromatic rings. The number of aromatic nitrogens is 4. The summed E-state index contributed by atoms with van der Waals surface area (Å²) in [5.74, 6) is 0.382. The molecule has 0 amide bonds. The smallest absolute Gasteiger partial charge is 0.263 e. The molecular formula is C31H22N6O2. The number of hydrogen-bond donors (Lipinski definition) is 2. The van der Waals surface area contributed by atoms with Gasteiger partial charge in [-0.3, -0.25) is 14.2 Å². The molecule has 0 saturated heterocycles. The number of aromatic amines is 1. The van der Waals surface area contributed by atoms with Crippen LogP contribution in [-0.2, 0) is 0 Å². The molecule has 0 radical (unpaired) electrons. The highest BCUT2D eigenvalue weighted by Crippen LogP contribution is 2.30. The van der Waals surface area contributed by atoms with E-state index in [-0.39, 0.29) is 11.0 Å². The van der Waals surface area contributed by atoms with Gasteiger partial charge in [0, 0.05) is 23.6 Å². The average Bonchev–Trinajstić information content (AvgIpc) is 2.97. The Morgan fingerprint density at radius 1 is 0.923 bits per heavy atom. The van der Waals surface area contributed by atoms with E-state index >= 15 is 0 Å². The Bertz CT molecular complexity index is 2000. The molecule has 0 bridgehead atoms. The summed E-state index contributed by atoms with van der Waals surface area (Å²) in [4.78, 5) is 38.4. The van der Waals surface area contributed by atoms with Gasteiger partial charge in [-0.25, -0.2) is 9.97 Å². The topological polar surface area (TPSA) is 116 Å². The highest BCUT2D eigenvalue weighted by Gasteiger charge is 2.20. The Morgan fingerprint density at radius 3 is 2.49 bits per heavy atom. The number of fused-ring (bicyclic) bond motifs is 2. The number of pyridine rings is 2. The molecule has 8 nitrogen and oxygen atoms in total. The lowest BCUT2D eigenvalue weighted by atomic mass is 9.97. The fourth-order valence-electron chi connectivity index (χ4n) is 4.91. The van der Waals surface area contributed by atoms with E-state index in [1.165, 1.54) is 12.4 Å². The van der Waals surface area contributed by atoms with Crippen LogP contribution in [0.25, 0.3) is 38.6 Å². The van der Waals surface area contributed by atoms with Gasteiger partial charge in [-0.1, -0.05) is 48.5 Å². The Kier molecular flexibility index (Phi) is 5.94. The second kappa shape index (κ2) is 9.72. The van der Waals surface area contributed by atoms with Crippen molar-refractivity contribution in [1.29, 1.82) is 5.26 Å². The van der Waals surface area contributed by atoms with Crippen molar-refractivity contribution in [2.45, 2.75) is 13.0 Å². The highest BCUT2D eigenvalue weighted by atomic mass is 16.1. The fourth-order valence-corrected chi connectivity index (χ4v) is 4.91. The zero-order valence-corrected chi connectivity index (χ0v) is 20.9. The van der Waals surface area contributed by atoms with Crippen LogP contribution in [0, 0.1) is 11.3 Å². The molecule has 0 aliphatic rings. The van der Waals surface area contributed by atoms with Crippen LogP contribution in [0.3, 0.4) is 0 Å². The van der Waals surface area contributed by atoms with Crippen LogP contribution in [0.2, 0.25) is 0 Å². The van der Waals surface area contributed by atoms with Crippen molar-refractivity contribution in [2.75, 3.05) is 5.32 Å². The number of nitrogens with zero attached hydrogens (tertiary/aromatic N) is 4. The van der Waals surface area contributed by atoms with Gasteiger partial charge in [0.05, 0.1) is 23.1 Å². The molecule has 1 atom stereocenters. The highest BCUT2D eigenvalue weighted by molar-refractivity contribution is 5.96. The molecule has 0 unspecified atom stereocenters. The lowest BCUT2D eigenvalue weighted by Crippen LogP contribution is -2.26. The predicted molar refractivity (Wildman–Crippen MR) is 152 cm³/mol. The summed E-state index contributed by atoms with van der Waals surface area (Å²) < 4.78 is 1.70. The van der Waals surface area contributed by atoms with Gasteiger partial charge in [-0.15, -0.1) is 0 Å². The number of benzene rings is 3. The zero-order chi connectivity index (χ0) is 26.9. The van der Waals surface area contributed by atoms with E-state index in [9.17, 15) is 14.9 Å². The molecule has 0 fully saturated rings. The standard InChI is InChI=1S/C31H22N6O2/c1-19(36-30-28-26(38)14-15-33-29(28)34-18-35-30)25-16-22-6-5-9-24(21-12-10-20(17-32)11-13-21)27(22)31(39)37(25)23-7-3-2-4-8-23/h2-16,18-19H,1H3,(H2,33,34,35,36,38)/t19-/m0/s1. The van der Waals surface area contributed by atoms with Crippen molar-refractivity contribution in [3.05, 3.63) is 129 Å². The van der Waals surface area contributed by atoms with E-state index in [4.69, 9.17) is 0 Å². The van der Waals surface area contributed by atoms with Crippen LogP contribution < -0.4 is 16.3 Å². The summed E-state index contributed by atoms with van der Waals surface area (Å²) in [5, 5.41) is 14.3. The van der Waals surface area contributed by atoms with Gasteiger partial charge in [-0.2, -0.15) is 5.26 Å². The first-order chi connectivity index (χ1) is 19.0. The lowest BCUT2D eigenvalue weighted by molar-refractivity contribution is 0.774. The third-order valence-corrected chi connectivity index (χ3v) is 6.76. The normalized spacial score (nSPS) is 11.8. The number of H-pyrrole nitrogens is 1. The number of rotatable bonds is 5. The molecule has 0 aliphatic carbocycles. The molecule has 3 aromatic carbocycles. The quantitative estimate of drug-likeness (QED) is 0.324. The van der Waals surface area contributed by atoms with Gasteiger partial charge in [0.2, 0.25) is 0 Å². The Balaban J connectivity index is 1.57. The third kappa shape index (κ3) is 4.22. The van der Waals surface area contributed by atoms with E-state index in [1.54, 1.807) is 22.9 Å². The minimum absolute atomic E-state index is 0.173. The van der Waals surface area contributed by atoms with Crippen LogP contribution in [0.15, 0.2) is 107 Å². The summed E-state index contributed by atoms with van der Waals surface area (Å²) >= 11 is 0. The van der Waals surface area contributed by atoms with Crippen molar-refractivity contribution in [1.82, 2.24) is 19.5 Å². The second-order valence-electron chi connectivity index (χ2n) is 9.16. The molecule has 39 heavy (non-hydrogen) atoms. The summed E-state index contributed by atoms with van der Waals surface area (Å²) in [6.07, 6.45) is 2.94. The number of nitriles is 1. The van der Waals surface area contributed by atoms with Crippen LogP contribution >= 0.6 is 0 Å². The SMILES string of the molecule is C[C@H](Nc1ncnc2[nH]ccc(=O)c12)c1cc2cccc(-c3ccc(C#N)cc3)c2c(=O)n1-c1ccccc1. The maximum absolute atomic E-state index is 14.3. The molecule has 8 heteroatoms. The van der Waals surface area contributed by atoms with Gasteiger partial charge >= 0.3 is 0 Å². The van der Waals surface area contributed by atoms with Gasteiger partial charge < -0.3 is 10.3 Å². The van der Waals surface area contributed by atoms with Crippen molar-refractivity contribution >= 4 is 27.6 Å². The maximum atomic E-state index is 14.3. The first kappa shape index (κ1) is 23.8. The molecule has 188 valence electrons. The van der Waals surface area contributed by atoms with Gasteiger partial charge in [0.15, 0.2) is 5.43 Å². The van der Waals surface area contributed by atoms with Crippen molar-refractivity contribution in [3.8, 4) is 22.9 Å². The Hall–Kier alpha value is -5.55. The monoisotopic (exact) mass is 510 g/mol. The van der Waals surface area contributed by atoms with Crippen molar-refractivity contribution < 1.29 is 0 Å². The minimum atomic E-state index is -0.404. The minimum Gasteiger partial charge on any atom is -0.361 e. The largest absolute Gasteiger partial charge is 0.361 e. The summed E-state index contributed by atoms with van der Waals surface area (Å²) in [6.45, 7) is 1.93. The summed E-state index contributed by atoms with van der Waals surface area (Å²) in [7, 11) is 0. The number of anilines is 1. The first-order valence-corrected chi connectivity index (χ1v) is 12.4. The Morgan fingerprint density at radius 2 is 1.72 bits per heavy atom. The van der Waals surface area contributed by atoms with Crippen LogP contribution in [-0.4, -0.2) is 19.5 Å². The fraction of sp³-hybridized carbons (Fsp3) is 0.0645. The van der Waals surface area contributed by atoms with Crippen LogP contribution in [0.5, 0.6) is 0 Å². The molecule has 0 saturated carbocycles. The Labute approximate surface area is 222 Å². The molecule has 3 heterocycles. The van der Waals surface area contributed by atoms with Gasteiger partial charge in [-0.05, 0) is 53.8 Å². The van der Waals surface area contributed by atoms with Crippen LogP contribution in [0.4, 0.5) is 5.82 Å². The molecule has 2 N–H and O–H groups in total. The van der Waals surface area contributed by atoms with E-state index in [1.807, 2.05) is 73.7 Å². The van der Waals surface area contributed by atoms with E-state index in [0.29, 0.717) is 39.2 Å². The molecule has 0 spiro atoms. The first-order valence-electron chi connectivity index (χ1n) is 12.4. The zero-order valence-electron chi connectivity index (χ0n) is 20.9. The second-order valence-corrected chi connectivity index (χ2v) is 9.16. The summed E-state index contributed by atoms with van der Waals surface area (Å²) in [6, 6.07) is 27.6. The van der Waals surface area contributed by atoms with Gasteiger partial charge in [0.25, 0.3) is 5.56 Å². The van der Waals surface area contributed by atoms with E-state index < -0.39 is 6.04 Å². The molecule has 3 aromatic heterocycles.